The number of esters is 4. The molecule has 0 aliphatic rings. The molecule has 0 aromatic heterocycles. The van der Waals surface area contributed by atoms with E-state index in [-0.39, 0.29) is 25.7 Å². The second kappa shape index (κ2) is 68.8. The van der Waals surface area contributed by atoms with Crippen LogP contribution in [0.2, 0.25) is 0 Å². The Morgan fingerprint density at radius 3 is 0.708 bits per heavy atom. The van der Waals surface area contributed by atoms with Crippen LogP contribution in [0, 0.1) is 11.8 Å². The van der Waals surface area contributed by atoms with Gasteiger partial charge in [0.25, 0.3) is 0 Å². The number of unbranched alkanes of at least 4 members (excludes halogenated alkanes) is 46. The molecular weight excluding hydrogens is 1260 g/mol. The largest absolute Gasteiger partial charge is 0.472 e. The predicted octanol–water partition coefficient (Wildman–Crippen LogP) is 22.7. The summed E-state index contributed by atoms with van der Waals surface area (Å²) in [7, 11) is -9.90. The monoisotopic (exact) mass is 1410 g/mol. The Hall–Kier alpha value is -1.94. The lowest BCUT2D eigenvalue weighted by Crippen LogP contribution is -2.30. The third-order valence-corrected chi connectivity index (χ3v) is 19.9. The zero-order chi connectivity index (χ0) is 70.7. The van der Waals surface area contributed by atoms with Gasteiger partial charge in [0.1, 0.15) is 19.3 Å². The van der Waals surface area contributed by atoms with E-state index >= 15 is 0 Å². The molecule has 19 heteroatoms. The van der Waals surface area contributed by atoms with Crippen LogP contribution in [0.5, 0.6) is 0 Å². The van der Waals surface area contributed by atoms with E-state index in [4.69, 9.17) is 37.0 Å². The lowest BCUT2D eigenvalue weighted by Gasteiger charge is -2.21. The van der Waals surface area contributed by atoms with E-state index < -0.39 is 97.5 Å². The Morgan fingerprint density at radius 2 is 0.479 bits per heavy atom. The number of aliphatic hydroxyl groups is 1. The van der Waals surface area contributed by atoms with E-state index in [9.17, 15) is 43.2 Å². The molecule has 96 heavy (non-hydrogen) atoms. The number of carbonyl (C=O) groups excluding carboxylic acids is 4. The third kappa shape index (κ3) is 70.5. The van der Waals surface area contributed by atoms with Crippen LogP contribution in [0.4, 0.5) is 0 Å². The van der Waals surface area contributed by atoms with Crippen LogP contribution in [-0.4, -0.2) is 96.7 Å². The highest BCUT2D eigenvalue weighted by molar-refractivity contribution is 7.47. The van der Waals surface area contributed by atoms with E-state index in [0.717, 1.165) is 108 Å². The maximum absolute atomic E-state index is 13.1. The van der Waals surface area contributed by atoms with Crippen LogP contribution in [0.15, 0.2) is 0 Å². The summed E-state index contributed by atoms with van der Waals surface area (Å²) >= 11 is 0. The minimum atomic E-state index is -4.96. The summed E-state index contributed by atoms with van der Waals surface area (Å²) in [4.78, 5) is 72.6. The minimum absolute atomic E-state index is 0.106. The molecule has 0 aromatic rings. The van der Waals surface area contributed by atoms with Gasteiger partial charge in [0.05, 0.1) is 26.4 Å². The fourth-order valence-electron chi connectivity index (χ4n) is 11.8. The molecule has 0 saturated heterocycles. The molecule has 570 valence electrons. The zero-order valence-electron chi connectivity index (χ0n) is 62.7. The topological polar surface area (TPSA) is 237 Å². The van der Waals surface area contributed by atoms with Crippen molar-refractivity contribution in [1.29, 1.82) is 0 Å². The summed E-state index contributed by atoms with van der Waals surface area (Å²) < 4.78 is 68.3. The molecule has 17 nitrogen and oxygen atoms in total. The van der Waals surface area contributed by atoms with Crippen molar-refractivity contribution in [3.05, 3.63) is 0 Å². The Balaban J connectivity index is 5.12. The highest BCUT2D eigenvalue weighted by Crippen LogP contribution is 2.45. The first-order valence-electron chi connectivity index (χ1n) is 40.0. The van der Waals surface area contributed by atoms with Crippen LogP contribution >= 0.6 is 15.6 Å². The quantitative estimate of drug-likeness (QED) is 0.0222. The van der Waals surface area contributed by atoms with Gasteiger partial charge < -0.3 is 33.8 Å². The molecule has 0 radical (unpaired) electrons. The van der Waals surface area contributed by atoms with Gasteiger partial charge in [-0.15, -0.1) is 0 Å². The molecule has 5 atom stereocenters. The van der Waals surface area contributed by atoms with E-state index in [1.165, 1.54) is 212 Å². The standard InChI is InChI=1S/C77H150O17P2/c1-7-9-11-13-14-15-16-17-18-19-20-21-22-23-24-27-33-38-43-49-55-61-77(82)94-73(66-88-75(80)60-54-48-42-37-32-28-25-26-30-35-40-46-51-57-69(3)4)68-92-96(85,86)90-64-71(78)63-89-95(83,84)91-67-72(65-87-74(79)59-53-45-12-10-8-2)93-76(81)62-56-50-44-39-34-29-31-36-41-47-52-58-70(5)6/h69-73,78H,7-68H2,1-6H3,(H,83,84)(H,85,86)/t71-,72+,73+/m0/s1. The first kappa shape index (κ1) is 94.1. The summed E-state index contributed by atoms with van der Waals surface area (Å²) in [5.41, 5.74) is 0. The minimum Gasteiger partial charge on any atom is -0.462 e. The van der Waals surface area contributed by atoms with Crippen molar-refractivity contribution in [1.82, 2.24) is 0 Å². The molecule has 0 saturated carbocycles. The second-order valence-corrected chi connectivity index (χ2v) is 31.6. The average molecular weight is 1410 g/mol. The summed E-state index contributed by atoms with van der Waals surface area (Å²) in [6.45, 7) is 9.53. The molecule has 0 bridgehead atoms. The average Bonchev–Trinajstić information content (AvgIpc) is 1.13. The van der Waals surface area contributed by atoms with E-state index in [2.05, 4.69) is 41.5 Å². The van der Waals surface area contributed by atoms with Crippen molar-refractivity contribution in [3.63, 3.8) is 0 Å². The molecule has 0 heterocycles. The predicted molar refractivity (Wildman–Crippen MR) is 391 cm³/mol. The molecule has 0 fully saturated rings. The summed E-state index contributed by atoms with van der Waals surface area (Å²) in [6.07, 6.45) is 57.4. The lowest BCUT2D eigenvalue weighted by atomic mass is 10.0. The molecule has 0 amide bonds. The SMILES string of the molecule is CCCCCCCCCCCCCCCCCCCCCCCC(=O)O[C@H](COC(=O)CCCCCCCCCCCCCCCC(C)C)COP(=O)(O)OC[C@@H](O)COP(=O)(O)OC[C@@H](COC(=O)CCCCCCC)OC(=O)CCCCCCCCCCCCCC(C)C. The molecular formula is C77H150O17P2. The van der Waals surface area contributed by atoms with Gasteiger partial charge in [0, 0.05) is 25.7 Å². The highest BCUT2D eigenvalue weighted by atomic mass is 31.2. The van der Waals surface area contributed by atoms with Crippen LogP contribution in [0.3, 0.4) is 0 Å². The maximum Gasteiger partial charge on any atom is 0.472 e. The molecule has 0 aromatic carbocycles. The number of ether oxygens (including phenoxy) is 4. The van der Waals surface area contributed by atoms with Gasteiger partial charge in [0.2, 0.25) is 0 Å². The number of aliphatic hydroxyl groups excluding tert-OH is 1. The number of hydrogen-bond acceptors (Lipinski definition) is 15. The van der Waals surface area contributed by atoms with Crippen molar-refractivity contribution in [2.24, 2.45) is 11.8 Å². The van der Waals surface area contributed by atoms with Crippen molar-refractivity contribution in [2.45, 2.75) is 419 Å². The smallest absolute Gasteiger partial charge is 0.462 e. The molecule has 3 N–H and O–H groups in total. The summed E-state index contributed by atoms with van der Waals surface area (Å²) in [6, 6.07) is 0. The van der Waals surface area contributed by atoms with Gasteiger partial charge in [-0.3, -0.25) is 37.3 Å². The molecule has 0 rings (SSSR count). The Labute approximate surface area is 588 Å². The Kier molecular flexibility index (Phi) is 67.4. The number of carbonyl (C=O) groups is 4. The van der Waals surface area contributed by atoms with Gasteiger partial charge in [-0.25, -0.2) is 9.13 Å². The van der Waals surface area contributed by atoms with Crippen molar-refractivity contribution in [2.75, 3.05) is 39.6 Å². The summed E-state index contributed by atoms with van der Waals surface area (Å²) in [5.74, 6) is -0.570. The Bertz CT molecular complexity index is 1860. The highest BCUT2D eigenvalue weighted by Gasteiger charge is 2.30. The van der Waals surface area contributed by atoms with Gasteiger partial charge in [0.15, 0.2) is 12.2 Å². The van der Waals surface area contributed by atoms with Gasteiger partial charge >= 0.3 is 39.5 Å². The van der Waals surface area contributed by atoms with Crippen molar-refractivity contribution >= 4 is 39.5 Å². The van der Waals surface area contributed by atoms with Crippen LogP contribution in [0.25, 0.3) is 0 Å². The van der Waals surface area contributed by atoms with E-state index in [1.807, 2.05) is 0 Å². The number of phosphoric acid groups is 2. The first-order valence-corrected chi connectivity index (χ1v) is 43.0. The summed E-state index contributed by atoms with van der Waals surface area (Å²) in [5, 5.41) is 10.6. The molecule has 0 aliphatic heterocycles. The van der Waals surface area contributed by atoms with Gasteiger partial charge in [-0.05, 0) is 37.5 Å². The number of phosphoric ester groups is 2. The van der Waals surface area contributed by atoms with Crippen molar-refractivity contribution in [3.8, 4) is 0 Å². The zero-order valence-corrected chi connectivity index (χ0v) is 64.5. The molecule has 0 aliphatic carbocycles. The lowest BCUT2D eigenvalue weighted by molar-refractivity contribution is -0.161. The van der Waals surface area contributed by atoms with Crippen LogP contribution in [-0.2, 0) is 65.4 Å². The van der Waals surface area contributed by atoms with E-state index in [1.54, 1.807) is 0 Å². The van der Waals surface area contributed by atoms with Crippen molar-refractivity contribution < 1.29 is 80.2 Å². The maximum atomic E-state index is 13.1. The third-order valence-electron chi connectivity index (χ3n) is 18.0. The number of hydrogen-bond donors (Lipinski definition) is 3. The normalized spacial score (nSPS) is 14.0. The number of rotatable bonds is 76. The van der Waals surface area contributed by atoms with Gasteiger partial charge in [-0.2, -0.15) is 0 Å². The van der Waals surface area contributed by atoms with Crippen LogP contribution < -0.4 is 0 Å². The second-order valence-electron chi connectivity index (χ2n) is 28.7. The van der Waals surface area contributed by atoms with Gasteiger partial charge in [-0.1, -0.05) is 350 Å². The first-order chi connectivity index (χ1) is 46.4. The fraction of sp³-hybridized carbons (Fsp3) is 0.948. The Morgan fingerprint density at radius 1 is 0.281 bits per heavy atom. The molecule has 0 spiro atoms. The van der Waals surface area contributed by atoms with E-state index in [0.29, 0.717) is 25.7 Å². The fourth-order valence-corrected chi connectivity index (χ4v) is 13.4. The van der Waals surface area contributed by atoms with Crippen LogP contribution in [0.1, 0.15) is 401 Å². The molecule has 2 unspecified atom stereocenters.